The second-order valence-corrected chi connectivity index (χ2v) is 10.2. The summed E-state index contributed by atoms with van der Waals surface area (Å²) >= 11 is 0. The van der Waals surface area contributed by atoms with E-state index in [4.69, 9.17) is 0 Å². The van der Waals surface area contributed by atoms with E-state index in [1.165, 1.54) is 60.9 Å². The largest absolute Gasteiger partial charge is 0.309 e. The summed E-state index contributed by atoms with van der Waals surface area (Å²) in [6.07, 6.45) is 4.22. The van der Waals surface area contributed by atoms with Gasteiger partial charge >= 0.3 is 0 Å². The Morgan fingerprint density at radius 1 is 0.600 bits per heavy atom. The fourth-order valence-electron chi connectivity index (χ4n) is 5.94. The highest BCUT2D eigenvalue weighted by Gasteiger charge is 2.36. The first-order valence-corrected chi connectivity index (χ1v) is 12.3. The van der Waals surface area contributed by atoms with E-state index in [0.29, 0.717) is 0 Å². The van der Waals surface area contributed by atoms with Crippen LogP contribution in [0.3, 0.4) is 0 Å². The molecule has 0 unspecified atom stereocenters. The van der Waals surface area contributed by atoms with Gasteiger partial charge in [-0.1, -0.05) is 62.4 Å². The first-order chi connectivity index (χ1) is 17.0. The molecule has 0 saturated carbocycles. The number of hydrogen-bond acceptors (Lipinski definition) is 0. The maximum absolute atomic E-state index is 2.44. The maximum atomic E-state index is 2.44. The van der Waals surface area contributed by atoms with Gasteiger partial charge < -0.3 is 4.57 Å². The van der Waals surface area contributed by atoms with Crippen LogP contribution in [0.25, 0.3) is 49.7 Å². The van der Waals surface area contributed by atoms with Crippen LogP contribution in [-0.4, -0.2) is 4.57 Å². The topological polar surface area (TPSA) is 8.81 Å². The lowest BCUT2D eigenvalue weighted by Gasteiger charge is -2.21. The lowest BCUT2D eigenvalue weighted by atomic mass is 9.82. The molecule has 1 aliphatic carbocycles. The number of aromatic nitrogens is 2. The molecular formula is C33H27N2+. The molecule has 0 amide bonds. The van der Waals surface area contributed by atoms with Crippen molar-refractivity contribution in [3.63, 3.8) is 0 Å². The van der Waals surface area contributed by atoms with Gasteiger partial charge in [0.05, 0.1) is 11.0 Å². The van der Waals surface area contributed by atoms with Crippen molar-refractivity contribution in [1.29, 1.82) is 0 Å². The minimum Gasteiger partial charge on any atom is -0.309 e. The summed E-state index contributed by atoms with van der Waals surface area (Å²) < 4.78 is 4.50. The fraction of sp³-hybridized carbons (Fsp3) is 0.121. The van der Waals surface area contributed by atoms with Crippen molar-refractivity contribution in [2.75, 3.05) is 0 Å². The molecule has 0 aliphatic heterocycles. The number of nitrogens with zero attached hydrogens (tertiary/aromatic N) is 2. The van der Waals surface area contributed by atoms with Crippen LogP contribution in [0.1, 0.15) is 25.0 Å². The van der Waals surface area contributed by atoms with Crippen LogP contribution in [0.15, 0.2) is 109 Å². The number of hydrogen-bond donors (Lipinski definition) is 0. The van der Waals surface area contributed by atoms with Gasteiger partial charge in [0.15, 0.2) is 12.4 Å². The normalized spacial score (nSPS) is 13.8. The minimum atomic E-state index is -0.0250. The van der Waals surface area contributed by atoms with Crippen molar-refractivity contribution in [3.05, 3.63) is 121 Å². The molecule has 2 aromatic heterocycles. The monoisotopic (exact) mass is 451 g/mol. The second kappa shape index (κ2) is 7.16. The van der Waals surface area contributed by atoms with Crippen molar-refractivity contribution >= 4 is 21.8 Å². The Morgan fingerprint density at radius 3 is 2.11 bits per heavy atom. The second-order valence-electron chi connectivity index (χ2n) is 10.2. The van der Waals surface area contributed by atoms with E-state index in [0.717, 1.165) is 0 Å². The molecule has 7 rings (SSSR count). The molecule has 2 nitrogen and oxygen atoms in total. The summed E-state index contributed by atoms with van der Waals surface area (Å²) in [6.45, 7) is 4.71. The summed E-state index contributed by atoms with van der Waals surface area (Å²) in [5.41, 5.74) is 11.7. The van der Waals surface area contributed by atoms with Crippen molar-refractivity contribution < 1.29 is 4.57 Å². The Balaban J connectivity index is 1.59. The minimum absolute atomic E-state index is 0.0250. The van der Waals surface area contributed by atoms with Gasteiger partial charge in [0, 0.05) is 34.0 Å². The van der Waals surface area contributed by atoms with E-state index in [1.807, 2.05) is 0 Å². The smallest absolute Gasteiger partial charge is 0.169 e. The van der Waals surface area contributed by atoms with Gasteiger partial charge in [-0.2, -0.15) is 0 Å². The van der Waals surface area contributed by atoms with Gasteiger partial charge in [0.1, 0.15) is 7.05 Å². The molecule has 0 fully saturated rings. The molecule has 4 aromatic carbocycles. The van der Waals surface area contributed by atoms with Crippen LogP contribution in [0.2, 0.25) is 0 Å². The van der Waals surface area contributed by atoms with Gasteiger partial charge in [0.25, 0.3) is 0 Å². The molecule has 0 atom stereocenters. The maximum Gasteiger partial charge on any atom is 0.169 e. The molecule has 0 spiro atoms. The predicted molar refractivity (Wildman–Crippen MR) is 145 cm³/mol. The van der Waals surface area contributed by atoms with Crippen LogP contribution in [0.5, 0.6) is 0 Å². The summed E-state index contributed by atoms with van der Waals surface area (Å²) in [5, 5.41) is 2.60. The van der Waals surface area contributed by atoms with Gasteiger partial charge in [-0.05, 0) is 69.8 Å². The third-order valence-corrected chi connectivity index (χ3v) is 7.79. The quantitative estimate of drug-likeness (QED) is 0.240. The zero-order valence-corrected chi connectivity index (χ0v) is 20.3. The molecule has 0 bridgehead atoms. The Labute approximate surface area is 205 Å². The lowest BCUT2D eigenvalue weighted by Crippen LogP contribution is -2.25. The number of pyridine rings is 1. The highest BCUT2D eigenvalue weighted by molar-refractivity contribution is 6.12. The Hall–Kier alpha value is -4.17. The molecule has 1 aliphatic rings. The third kappa shape index (κ3) is 2.86. The van der Waals surface area contributed by atoms with Crippen molar-refractivity contribution in [1.82, 2.24) is 4.57 Å². The van der Waals surface area contributed by atoms with E-state index >= 15 is 0 Å². The van der Waals surface area contributed by atoms with E-state index in [9.17, 15) is 0 Å². The molecular weight excluding hydrogens is 424 g/mol. The van der Waals surface area contributed by atoms with E-state index in [-0.39, 0.29) is 5.41 Å². The van der Waals surface area contributed by atoms with Crippen molar-refractivity contribution in [2.24, 2.45) is 7.05 Å². The molecule has 35 heavy (non-hydrogen) atoms. The fourth-order valence-corrected chi connectivity index (χ4v) is 5.94. The summed E-state index contributed by atoms with van der Waals surface area (Å²) in [4.78, 5) is 0. The SMILES string of the molecule is C[n+]1ccc(-c2ccc3c(c2)c2cc4c(cc2n3-c2ccccc2)C(C)(C)c2ccccc2-4)cc1. The molecule has 0 saturated heterocycles. The van der Waals surface area contributed by atoms with Crippen LogP contribution in [0.4, 0.5) is 0 Å². The summed E-state index contributed by atoms with van der Waals surface area (Å²) in [5.74, 6) is 0. The first-order valence-electron chi connectivity index (χ1n) is 12.3. The van der Waals surface area contributed by atoms with Gasteiger partial charge in [0.2, 0.25) is 0 Å². The average Bonchev–Trinajstić information content (AvgIpc) is 3.32. The standard InChI is InChI=1S/C33H27N2/c1-33(2)29-12-8-7-11-25(29)26-20-28-27-19-23(22-15-17-34(3)18-16-22)13-14-31(27)35(32(28)21-30(26)33)24-9-5-4-6-10-24/h4-21H,1-3H3/q+1. The van der Waals surface area contributed by atoms with Crippen molar-refractivity contribution in [3.8, 4) is 27.9 Å². The zero-order valence-electron chi connectivity index (χ0n) is 20.3. The van der Waals surface area contributed by atoms with Gasteiger partial charge in [-0.25, -0.2) is 4.57 Å². The zero-order chi connectivity index (χ0) is 23.7. The van der Waals surface area contributed by atoms with Gasteiger partial charge in [-0.3, -0.25) is 0 Å². The first kappa shape index (κ1) is 20.2. The van der Waals surface area contributed by atoms with Gasteiger partial charge in [-0.15, -0.1) is 0 Å². The average molecular weight is 452 g/mol. The third-order valence-electron chi connectivity index (χ3n) is 7.79. The number of fused-ring (bicyclic) bond motifs is 6. The number of para-hydroxylation sites is 1. The molecule has 168 valence electrons. The Morgan fingerprint density at radius 2 is 1.31 bits per heavy atom. The van der Waals surface area contributed by atoms with Crippen LogP contribution in [0, 0.1) is 0 Å². The number of rotatable bonds is 2. The molecule has 0 radical (unpaired) electrons. The lowest BCUT2D eigenvalue weighted by molar-refractivity contribution is -0.671. The molecule has 0 N–H and O–H groups in total. The summed E-state index contributed by atoms with van der Waals surface area (Å²) in [6, 6.07) is 35.8. The molecule has 2 heterocycles. The highest BCUT2D eigenvalue weighted by Crippen LogP contribution is 2.51. The highest BCUT2D eigenvalue weighted by atomic mass is 15.0. The Kier molecular flexibility index (Phi) is 4.14. The molecule has 6 aromatic rings. The van der Waals surface area contributed by atoms with Crippen LogP contribution >= 0.6 is 0 Å². The number of aryl methyl sites for hydroxylation is 1. The predicted octanol–water partition coefficient (Wildman–Crippen LogP) is 7.58. The van der Waals surface area contributed by atoms with E-state index < -0.39 is 0 Å². The van der Waals surface area contributed by atoms with Crippen molar-refractivity contribution in [2.45, 2.75) is 19.3 Å². The van der Waals surface area contributed by atoms with E-state index in [2.05, 4.69) is 139 Å². The van der Waals surface area contributed by atoms with E-state index in [1.54, 1.807) is 0 Å². The molecule has 2 heteroatoms. The van der Waals surface area contributed by atoms with Crippen LogP contribution < -0.4 is 4.57 Å². The number of benzene rings is 4. The van der Waals surface area contributed by atoms with Crippen LogP contribution in [-0.2, 0) is 12.5 Å². The summed E-state index contributed by atoms with van der Waals surface area (Å²) in [7, 11) is 2.06. The Bertz CT molecular complexity index is 1750.